The van der Waals surface area contributed by atoms with Crippen LogP contribution in [-0.2, 0) is 22.9 Å². The van der Waals surface area contributed by atoms with Crippen molar-refractivity contribution >= 4 is 10.0 Å². The number of fused-ring (bicyclic) bond motifs is 1. The molecule has 0 radical (unpaired) electrons. The lowest BCUT2D eigenvalue weighted by atomic mass is 9.92. The highest BCUT2D eigenvalue weighted by molar-refractivity contribution is 7.89. The van der Waals surface area contributed by atoms with Crippen molar-refractivity contribution in [3.05, 3.63) is 29.3 Å². The van der Waals surface area contributed by atoms with Gasteiger partial charge in [-0.25, -0.2) is 8.42 Å². The van der Waals surface area contributed by atoms with Crippen molar-refractivity contribution in [2.45, 2.75) is 43.5 Å². The molecule has 0 saturated carbocycles. The summed E-state index contributed by atoms with van der Waals surface area (Å²) >= 11 is 0. The lowest BCUT2D eigenvalue weighted by Crippen LogP contribution is -3.17. The topological polar surface area (TPSA) is 65.6 Å². The largest absolute Gasteiger partial charge is 0.319 e. The second kappa shape index (κ2) is 6.60. The molecule has 124 valence electrons. The highest BCUT2D eigenvalue weighted by Gasteiger charge is 2.32. The number of benzene rings is 1. The zero-order chi connectivity index (χ0) is 16.4. The van der Waals surface area contributed by atoms with Gasteiger partial charge >= 0.3 is 0 Å². The van der Waals surface area contributed by atoms with Crippen molar-refractivity contribution in [1.82, 2.24) is 4.31 Å². The van der Waals surface area contributed by atoms with Crippen LogP contribution in [0, 0.1) is 11.3 Å². The summed E-state index contributed by atoms with van der Waals surface area (Å²) in [5.41, 5.74) is 2.49. The van der Waals surface area contributed by atoms with E-state index in [-0.39, 0.29) is 6.04 Å². The number of rotatable bonds is 3. The number of nitrogens with zero attached hydrogens (tertiary/aromatic N) is 2. The molecule has 0 bridgehead atoms. The molecule has 23 heavy (non-hydrogen) atoms. The van der Waals surface area contributed by atoms with Gasteiger partial charge in [-0.3, -0.25) is 0 Å². The minimum atomic E-state index is -3.41. The Balaban J connectivity index is 1.76. The van der Waals surface area contributed by atoms with Crippen LogP contribution in [0.4, 0.5) is 0 Å². The molecule has 2 aliphatic rings. The zero-order valence-corrected chi connectivity index (χ0v) is 14.4. The van der Waals surface area contributed by atoms with E-state index in [1.807, 2.05) is 19.1 Å². The van der Waals surface area contributed by atoms with Crippen LogP contribution in [0.3, 0.4) is 0 Å². The summed E-state index contributed by atoms with van der Waals surface area (Å²) in [6, 6.07) is 7.79. The third kappa shape index (κ3) is 3.27. The molecule has 1 saturated heterocycles. The Hall–Kier alpha value is -1.42. The fraction of sp³-hybridized carbons (Fsp3) is 0.588. The maximum Gasteiger partial charge on any atom is 0.243 e. The van der Waals surface area contributed by atoms with Crippen molar-refractivity contribution in [1.29, 1.82) is 5.26 Å². The first-order valence-corrected chi connectivity index (χ1v) is 9.82. The number of nitriles is 1. The predicted molar refractivity (Wildman–Crippen MR) is 87.6 cm³/mol. The molecule has 1 heterocycles. The molecule has 6 heteroatoms. The van der Waals surface area contributed by atoms with Gasteiger partial charge in [0, 0.05) is 6.92 Å². The average Bonchev–Trinajstić information content (AvgIpc) is 2.60. The van der Waals surface area contributed by atoms with Crippen molar-refractivity contribution in [2.24, 2.45) is 0 Å². The van der Waals surface area contributed by atoms with Gasteiger partial charge in [0.2, 0.25) is 10.0 Å². The molecule has 1 N–H and O–H groups in total. The zero-order valence-electron chi connectivity index (χ0n) is 13.6. The second-order valence-corrected chi connectivity index (χ2v) is 8.49. The Morgan fingerprint density at radius 1 is 1.17 bits per heavy atom. The third-order valence-electron chi connectivity index (χ3n) is 5.13. The van der Waals surface area contributed by atoms with E-state index in [0.29, 0.717) is 31.1 Å². The summed E-state index contributed by atoms with van der Waals surface area (Å²) in [4.78, 5) is 1.60. The summed E-state index contributed by atoms with van der Waals surface area (Å²) in [6.07, 6.45) is 4.38. The third-order valence-corrected chi connectivity index (χ3v) is 7.02. The first-order valence-electron chi connectivity index (χ1n) is 8.38. The lowest BCUT2D eigenvalue weighted by Gasteiger charge is -2.32. The molecule has 0 aromatic heterocycles. The minimum Gasteiger partial charge on any atom is -0.319 e. The summed E-state index contributed by atoms with van der Waals surface area (Å²) in [5, 5.41) is 9.00. The van der Waals surface area contributed by atoms with E-state index in [2.05, 4.69) is 6.07 Å². The van der Waals surface area contributed by atoms with Gasteiger partial charge in [0.1, 0.15) is 6.07 Å². The molecule has 1 aliphatic carbocycles. The quantitative estimate of drug-likeness (QED) is 0.868. The van der Waals surface area contributed by atoms with E-state index >= 15 is 0 Å². The lowest BCUT2D eigenvalue weighted by molar-refractivity contribution is -0.918. The number of hydrogen-bond donors (Lipinski definition) is 1. The van der Waals surface area contributed by atoms with Gasteiger partial charge in [-0.15, -0.1) is 0 Å². The molecule has 3 rings (SSSR count). The van der Waals surface area contributed by atoms with E-state index in [4.69, 9.17) is 5.26 Å². The monoisotopic (exact) mass is 334 g/mol. The molecule has 1 aromatic rings. The van der Waals surface area contributed by atoms with E-state index in [1.54, 1.807) is 10.4 Å². The number of sulfonamides is 1. The van der Waals surface area contributed by atoms with Crippen molar-refractivity contribution < 1.29 is 13.3 Å². The normalized spacial score (nSPS) is 21.4. The summed E-state index contributed by atoms with van der Waals surface area (Å²) < 4.78 is 27.3. The van der Waals surface area contributed by atoms with Crippen LogP contribution in [-0.4, -0.2) is 44.9 Å². The van der Waals surface area contributed by atoms with Gasteiger partial charge in [-0.2, -0.15) is 9.57 Å². The maximum atomic E-state index is 12.9. The Morgan fingerprint density at radius 3 is 2.48 bits per heavy atom. The van der Waals surface area contributed by atoms with Gasteiger partial charge < -0.3 is 4.90 Å². The Labute approximate surface area is 138 Å². The van der Waals surface area contributed by atoms with Crippen LogP contribution in [0.25, 0.3) is 0 Å². The summed E-state index contributed by atoms with van der Waals surface area (Å²) in [5.74, 6) is 0. The van der Waals surface area contributed by atoms with Crippen LogP contribution in [0.1, 0.15) is 30.9 Å². The van der Waals surface area contributed by atoms with Gasteiger partial charge in [0.25, 0.3) is 0 Å². The molecular formula is C17H24N3O2S+. The molecule has 1 aromatic carbocycles. The molecule has 0 unspecified atom stereocenters. The fourth-order valence-electron chi connectivity index (χ4n) is 3.56. The van der Waals surface area contributed by atoms with Crippen LogP contribution >= 0.6 is 0 Å². The van der Waals surface area contributed by atoms with Gasteiger partial charge in [0.05, 0.1) is 31.1 Å². The number of quaternary nitrogens is 1. The predicted octanol–water partition coefficient (Wildman–Crippen LogP) is 0.367. The van der Waals surface area contributed by atoms with Crippen molar-refractivity contribution in [2.75, 3.05) is 26.2 Å². The van der Waals surface area contributed by atoms with E-state index in [9.17, 15) is 8.42 Å². The van der Waals surface area contributed by atoms with Crippen LogP contribution in [0.15, 0.2) is 23.1 Å². The molecular weight excluding hydrogens is 310 g/mol. The average molecular weight is 334 g/mol. The van der Waals surface area contributed by atoms with Gasteiger partial charge in [0.15, 0.2) is 6.04 Å². The number of hydrogen-bond acceptors (Lipinski definition) is 3. The van der Waals surface area contributed by atoms with Crippen LogP contribution in [0.5, 0.6) is 0 Å². The Bertz CT molecular complexity index is 716. The van der Waals surface area contributed by atoms with Crippen molar-refractivity contribution in [3.8, 4) is 6.07 Å². The smallest absolute Gasteiger partial charge is 0.243 e. The molecule has 1 atom stereocenters. The second-order valence-electron chi connectivity index (χ2n) is 6.55. The van der Waals surface area contributed by atoms with E-state index < -0.39 is 10.0 Å². The van der Waals surface area contributed by atoms with Crippen molar-refractivity contribution in [3.63, 3.8) is 0 Å². The molecule has 5 nitrogen and oxygen atoms in total. The van der Waals surface area contributed by atoms with Crippen LogP contribution in [0.2, 0.25) is 0 Å². The van der Waals surface area contributed by atoms with Crippen LogP contribution < -0.4 is 4.90 Å². The summed E-state index contributed by atoms with van der Waals surface area (Å²) in [7, 11) is -3.41. The van der Waals surface area contributed by atoms with Gasteiger partial charge in [-0.1, -0.05) is 6.07 Å². The Morgan fingerprint density at radius 2 is 1.83 bits per heavy atom. The molecule has 0 amide bonds. The SMILES string of the molecule is C[C@H](C#N)[NH+]1CCN(S(=O)(=O)c2ccc3c(c2)CCCC3)CC1. The molecule has 1 fully saturated rings. The maximum absolute atomic E-state index is 12.9. The highest BCUT2D eigenvalue weighted by atomic mass is 32.2. The molecule has 1 aliphatic heterocycles. The standard InChI is InChI=1S/C17H23N3O2S/c1-14(13-18)19-8-10-20(11-9-19)23(21,22)17-7-6-15-4-2-3-5-16(15)12-17/h6-7,12,14H,2-5,8-11H2,1H3/p+1/t14-/m1/s1. The molecule has 0 spiro atoms. The van der Waals surface area contributed by atoms with E-state index in [1.165, 1.54) is 22.4 Å². The number of nitrogens with one attached hydrogen (secondary N) is 1. The first kappa shape index (κ1) is 16.4. The number of aryl methyl sites for hydroxylation is 2. The fourth-order valence-corrected chi connectivity index (χ4v) is 5.05. The minimum absolute atomic E-state index is 0.0800. The summed E-state index contributed by atoms with van der Waals surface area (Å²) in [6.45, 7) is 4.25. The Kier molecular flexibility index (Phi) is 4.72. The number of piperazine rings is 1. The van der Waals surface area contributed by atoms with Gasteiger partial charge in [-0.05, 0) is 48.9 Å². The van der Waals surface area contributed by atoms with E-state index in [0.717, 1.165) is 19.3 Å². The first-order chi connectivity index (χ1) is 11.0. The highest BCUT2D eigenvalue weighted by Crippen LogP contribution is 2.25.